The highest BCUT2D eigenvalue weighted by atomic mass is 32.2. The third kappa shape index (κ3) is 4.61. The van der Waals surface area contributed by atoms with Crippen LogP contribution in [0.4, 0.5) is 11.5 Å². The second-order valence-corrected chi connectivity index (χ2v) is 12.0. The van der Waals surface area contributed by atoms with E-state index in [4.69, 9.17) is 17.2 Å². The van der Waals surface area contributed by atoms with Crippen LogP contribution in [0, 0.1) is 13.8 Å². The summed E-state index contributed by atoms with van der Waals surface area (Å²) in [6, 6.07) is 13.0. The third-order valence-corrected chi connectivity index (χ3v) is 8.91. The molecule has 1 aromatic carbocycles. The maximum atomic E-state index is 13.9. The normalized spacial score (nSPS) is 17.4. The quantitative estimate of drug-likeness (QED) is 0.266. The molecule has 2 fully saturated rings. The molecule has 1 amide bonds. The number of anilines is 2. The molecule has 0 spiro atoms. The highest BCUT2D eigenvalue weighted by Crippen LogP contribution is 2.37. The first-order valence-corrected chi connectivity index (χ1v) is 14.5. The number of fused-ring (bicyclic) bond motifs is 1. The molecule has 2 aliphatic heterocycles. The van der Waals surface area contributed by atoms with Gasteiger partial charge >= 0.3 is 0 Å². The van der Waals surface area contributed by atoms with E-state index in [2.05, 4.69) is 16.8 Å². The zero-order valence-corrected chi connectivity index (χ0v) is 24.8. The molecule has 5 heterocycles. The molecule has 0 N–H and O–H groups in total. The van der Waals surface area contributed by atoms with Gasteiger partial charge in [0.1, 0.15) is 17.2 Å². The topological polar surface area (TPSA) is 88.1 Å². The zero-order chi connectivity index (χ0) is 29.0. The van der Waals surface area contributed by atoms with E-state index >= 15 is 0 Å². The number of para-hydroxylation sites is 1. The van der Waals surface area contributed by atoms with Gasteiger partial charge in [0, 0.05) is 39.4 Å². The van der Waals surface area contributed by atoms with Crippen molar-refractivity contribution in [2.45, 2.75) is 13.8 Å². The largest absolute Gasteiger partial charge is 0.353 e. The average molecular weight is 588 g/mol. The summed E-state index contributed by atoms with van der Waals surface area (Å²) in [6.07, 6.45) is 3.34. The molecule has 4 aromatic rings. The Bertz CT molecular complexity index is 1870. The van der Waals surface area contributed by atoms with Gasteiger partial charge in [0.2, 0.25) is 0 Å². The molecule has 6 rings (SSSR count). The number of benzene rings is 1. The van der Waals surface area contributed by atoms with Crippen LogP contribution in [-0.2, 0) is 11.8 Å². The summed E-state index contributed by atoms with van der Waals surface area (Å²) in [4.78, 5) is 52.2. The third-order valence-electron chi connectivity index (χ3n) is 7.60. The zero-order valence-electron chi connectivity index (χ0n) is 23.2. The Morgan fingerprint density at radius 2 is 1.63 bits per heavy atom. The molecule has 0 aliphatic carbocycles. The second kappa shape index (κ2) is 10.4. The highest BCUT2D eigenvalue weighted by molar-refractivity contribution is 8.27. The predicted molar refractivity (Wildman–Crippen MR) is 167 cm³/mol. The van der Waals surface area contributed by atoms with Crippen molar-refractivity contribution in [3.63, 3.8) is 0 Å². The van der Waals surface area contributed by atoms with Crippen LogP contribution >= 0.6 is 24.0 Å². The summed E-state index contributed by atoms with van der Waals surface area (Å²) in [5.74, 6) is 0.101. The van der Waals surface area contributed by atoms with Gasteiger partial charge in [-0.1, -0.05) is 48.2 Å². The first kappa shape index (κ1) is 27.2. The molecule has 12 heteroatoms. The molecule has 0 unspecified atom stereocenters. The van der Waals surface area contributed by atoms with Gasteiger partial charge in [-0.05, 0) is 50.7 Å². The molecule has 0 atom stereocenters. The molecule has 0 saturated carbocycles. The SMILES string of the molecule is Cc1ccc2nc(N3CCN(C)CC3)c(C=C3SC(=S)N(c4c(C)n(C)n(-c5ccccc5)c4=O)C3=O)c(=O)n2c1. The number of aryl methyl sites for hydroxylation is 1. The van der Waals surface area contributed by atoms with E-state index in [9.17, 15) is 14.4 Å². The number of piperazine rings is 1. The van der Waals surface area contributed by atoms with Crippen molar-refractivity contribution in [1.82, 2.24) is 23.6 Å². The lowest BCUT2D eigenvalue weighted by Crippen LogP contribution is -2.45. The van der Waals surface area contributed by atoms with E-state index in [0.717, 1.165) is 30.4 Å². The number of rotatable bonds is 4. The van der Waals surface area contributed by atoms with Gasteiger partial charge in [-0.2, -0.15) is 0 Å². The monoisotopic (exact) mass is 587 g/mol. The summed E-state index contributed by atoms with van der Waals surface area (Å²) >= 11 is 6.72. The minimum Gasteiger partial charge on any atom is -0.353 e. The first-order chi connectivity index (χ1) is 19.7. The second-order valence-electron chi connectivity index (χ2n) is 10.3. The molecule has 210 valence electrons. The van der Waals surface area contributed by atoms with Gasteiger partial charge in [0.15, 0.2) is 4.32 Å². The van der Waals surface area contributed by atoms with E-state index < -0.39 is 5.91 Å². The van der Waals surface area contributed by atoms with Crippen molar-refractivity contribution in [2.24, 2.45) is 7.05 Å². The van der Waals surface area contributed by atoms with Gasteiger partial charge < -0.3 is 9.80 Å². The van der Waals surface area contributed by atoms with Crippen molar-refractivity contribution >= 4 is 57.4 Å². The van der Waals surface area contributed by atoms with Crippen LogP contribution in [0.1, 0.15) is 16.8 Å². The Hall–Kier alpha value is -4.00. The molecule has 41 heavy (non-hydrogen) atoms. The number of thioether (sulfide) groups is 1. The number of aromatic nitrogens is 4. The lowest BCUT2D eigenvalue weighted by molar-refractivity contribution is -0.113. The number of carbonyl (C=O) groups excluding carboxylic acids is 1. The van der Waals surface area contributed by atoms with Gasteiger partial charge in [-0.25, -0.2) is 9.67 Å². The summed E-state index contributed by atoms with van der Waals surface area (Å²) in [7, 11) is 3.83. The van der Waals surface area contributed by atoms with Crippen molar-refractivity contribution in [2.75, 3.05) is 43.0 Å². The number of thiocarbonyl (C=S) groups is 1. The van der Waals surface area contributed by atoms with Gasteiger partial charge in [0.25, 0.3) is 17.0 Å². The number of amides is 1. The molecule has 0 radical (unpaired) electrons. The van der Waals surface area contributed by atoms with Crippen LogP contribution in [0.25, 0.3) is 17.4 Å². The number of nitrogens with zero attached hydrogens (tertiary/aromatic N) is 7. The average Bonchev–Trinajstić information content (AvgIpc) is 3.35. The Kier molecular flexibility index (Phi) is 6.92. The van der Waals surface area contributed by atoms with E-state index in [1.807, 2.05) is 49.4 Å². The van der Waals surface area contributed by atoms with Crippen LogP contribution in [0.5, 0.6) is 0 Å². The van der Waals surface area contributed by atoms with Gasteiger partial charge in [-0.15, -0.1) is 0 Å². The van der Waals surface area contributed by atoms with Crippen LogP contribution in [-0.4, -0.2) is 67.1 Å². The van der Waals surface area contributed by atoms with Crippen LogP contribution < -0.4 is 20.9 Å². The lowest BCUT2D eigenvalue weighted by atomic mass is 10.2. The summed E-state index contributed by atoms with van der Waals surface area (Å²) in [5.41, 5.74) is 2.64. The first-order valence-electron chi connectivity index (χ1n) is 13.2. The standard InChI is InChI=1S/C29H29N7O3S2/c1-18-10-11-23-30-25(33-14-12-31(3)13-15-33)21(26(37)34(23)17-18)16-22-27(38)35(29(40)41-22)24-19(2)32(4)36(28(24)39)20-8-6-5-7-9-20/h5-11,16-17H,12-15H2,1-4H3. The highest BCUT2D eigenvalue weighted by Gasteiger charge is 2.38. The van der Waals surface area contributed by atoms with E-state index in [0.29, 0.717) is 41.5 Å². The predicted octanol–water partition coefficient (Wildman–Crippen LogP) is 2.96. The number of hydrogen-bond donors (Lipinski definition) is 0. The lowest BCUT2D eigenvalue weighted by Gasteiger charge is -2.34. The van der Waals surface area contributed by atoms with E-state index in [1.54, 1.807) is 30.9 Å². The van der Waals surface area contributed by atoms with Gasteiger partial charge in [0.05, 0.1) is 21.8 Å². The molecule has 3 aromatic heterocycles. The van der Waals surface area contributed by atoms with Crippen molar-refractivity contribution in [3.8, 4) is 5.69 Å². The fraction of sp³-hybridized carbons (Fsp3) is 0.276. The summed E-state index contributed by atoms with van der Waals surface area (Å²) in [5, 5.41) is 0. The number of carbonyl (C=O) groups is 1. The Morgan fingerprint density at radius 3 is 2.34 bits per heavy atom. The van der Waals surface area contributed by atoms with Crippen LogP contribution in [0.15, 0.2) is 63.2 Å². The van der Waals surface area contributed by atoms with Gasteiger partial charge in [-0.3, -0.25) is 28.4 Å². The summed E-state index contributed by atoms with van der Waals surface area (Å²) < 4.78 is 4.97. The Morgan fingerprint density at radius 1 is 0.927 bits per heavy atom. The molecule has 2 saturated heterocycles. The molecule has 10 nitrogen and oxygen atoms in total. The fourth-order valence-corrected chi connectivity index (χ4v) is 6.49. The summed E-state index contributed by atoms with van der Waals surface area (Å²) in [6.45, 7) is 6.76. The van der Waals surface area contributed by atoms with E-state index in [-0.39, 0.29) is 26.0 Å². The smallest absolute Gasteiger partial charge is 0.296 e. The fourth-order valence-electron chi connectivity index (χ4n) is 5.24. The number of pyridine rings is 1. The molecular formula is C29H29N7O3S2. The van der Waals surface area contributed by atoms with Crippen LogP contribution in [0.2, 0.25) is 0 Å². The molecule has 2 aliphatic rings. The minimum absolute atomic E-state index is 0.200. The molecular weight excluding hydrogens is 558 g/mol. The van der Waals surface area contributed by atoms with Crippen LogP contribution in [0.3, 0.4) is 0 Å². The number of hydrogen-bond acceptors (Lipinski definition) is 8. The Labute approximate surface area is 246 Å². The van der Waals surface area contributed by atoms with Crippen molar-refractivity contribution in [1.29, 1.82) is 0 Å². The molecule has 0 bridgehead atoms. The maximum Gasteiger partial charge on any atom is 0.296 e. The van der Waals surface area contributed by atoms with E-state index in [1.165, 1.54) is 14.0 Å². The maximum absolute atomic E-state index is 13.9. The van der Waals surface area contributed by atoms with Crippen molar-refractivity contribution in [3.05, 3.63) is 91.1 Å². The number of likely N-dealkylation sites (N-methyl/N-ethyl adjacent to an activating group) is 1. The minimum atomic E-state index is -0.441. The van der Waals surface area contributed by atoms with Crippen molar-refractivity contribution < 1.29 is 4.79 Å². The Balaban J connectivity index is 1.47.